The van der Waals surface area contributed by atoms with E-state index in [0.29, 0.717) is 17.1 Å². The zero-order valence-electron chi connectivity index (χ0n) is 16.6. The number of benzene rings is 2. The first-order chi connectivity index (χ1) is 14.4. The molecule has 9 heteroatoms. The Morgan fingerprint density at radius 1 is 1.13 bits per heavy atom. The van der Waals surface area contributed by atoms with Gasteiger partial charge in [-0.05, 0) is 36.4 Å². The normalized spacial score (nSPS) is 16.2. The van der Waals surface area contributed by atoms with Crippen LogP contribution in [0, 0.1) is 5.82 Å². The Labute approximate surface area is 173 Å². The Morgan fingerprint density at radius 3 is 2.53 bits per heavy atom. The molecule has 1 N–H and O–H groups in total. The van der Waals surface area contributed by atoms with Crippen LogP contribution in [0.4, 0.5) is 20.6 Å². The first-order valence-electron chi connectivity index (χ1n) is 9.27. The fraction of sp³-hybridized carbons (Fsp3) is 0.286. The van der Waals surface area contributed by atoms with Crippen molar-refractivity contribution in [3.05, 3.63) is 54.3 Å². The number of hydrogen-bond acceptors (Lipinski definition) is 5. The van der Waals surface area contributed by atoms with E-state index in [1.807, 2.05) is 0 Å². The number of imide groups is 1. The minimum atomic E-state index is -0.987. The summed E-state index contributed by atoms with van der Waals surface area (Å²) in [5.74, 6) is -0.917. The van der Waals surface area contributed by atoms with Crippen molar-refractivity contribution < 1.29 is 28.2 Å². The largest absolute Gasteiger partial charge is 0.497 e. The summed E-state index contributed by atoms with van der Waals surface area (Å²) in [6.45, 7) is 0.358. The lowest BCUT2D eigenvalue weighted by atomic mass is 10.1. The second-order valence-corrected chi connectivity index (χ2v) is 6.62. The van der Waals surface area contributed by atoms with Crippen LogP contribution in [0.1, 0.15) is 6.42 Å². The van der Waals surface area contributed by atoms with Crippen LogP contribution in [0.25, 0.3) is 0 Å². The van der Waals surface area contributed by atoms with Gasteiger partial charge in [-0.3, -0.25) is 9.59 Å². The van der Waals surface area contributed by atoms with Gasteiger partial charge in [0.25, 0.3) is 5.91 Å². The molecule has 2 aromatic rings. The molecule has 1 aliphatic rings. The van der Waals surface area contributed by atoms with Crippen molar-refractivity contribution in [1.29, 1.82) is 0 Å². The number of rotatable bonds is 8. The van der Waals surface area contributed by atoms with E-state index in [0.717, 1.165) is 4.90 Å². The number of carbonyl (C=O) groups excluding carboxylic acids is 3. The predicted octanol–water partition coefficient (Wildman–Crippen LogP) is 2.65. The van der Waals surface area contributed by atoms with Crippen molar-refractivity contribution in [3.63, 3.8) is 0 Å². The molecule has 3 rings (SSSR count). The summed E-state index contributed by atoms with van der Waals surface area (Å²) in [6.07, 6.45) is -0.244. The molecule has 0 bridgehead atoms. The number of ether oxygens (including phenoxy) is 2. The minimum Gasteiger partial charge on any atom is -0.497 e. The first-order valence-corrected chi connectivity index (χ1v) is 9.27. The van der Waals surface area contributed by atoms with Crippen LogP contribution in [0.5, 0.6) is 5.75 Å². The van der Waals surface area contributed by atoms with E-state index in [9.17, 15) is 18.8 Å². The molecular weight excluding hydrogens is 393 g/mol. The third kappa shape index (κ3) is 4.57. The second-order valence-electron chi connectivity index (χ2n) is 6.62. The summed E-state index contributed by atoms with van der Waals surface area (Å²) in [5, 5.41) is 2.62. The monoisotopic (exact) mass is 415 g/mol. The van der Waals surface area contributed by atoms with E-state index in [4.69, 9.17) is 9.47 Å². The molecule has 1 heterocycles. The molecule has 30 heavy (non-hydrogen) atoms. The Kier molecular flexibility index (Phi) is 6.63. The van der Waals surface area contributed by atoms with Crippen molar-refractivity contribution in [1.82, 2.24) is 4.90 Å². The molecule has 0 unspecified atom stereocenters. The van der Waals surface area contributed by atoms with Crippen LogP contribution in [0.15, 0.2) is 48.5 Å². The summed E-state index contributed by atoms with van der Waals surface area (Å²) < 4.78 is 23.3. The van der Waals surface area contributed by atoms with Gasteiger partial charge in [-0.2, -0.15) is 0 Å². The summed E-state index contributed by atoms with van der Waals surface area (Å²) in [4.78, 5) is 40.9. The summed E-state index contributed by atoms with van der Waals surface area (Å²) in [7, 11) is 2.97. The number of carbonyl (C=O) groups is 3. The van der Waals surface area contributed by atoms with Gasteiger partial charge in [0.2, 0.25) is 5.91 Å². The lowest BCUT2D eigenvalue weighted by Gasteiger charge is -2.21. The molecule has 4 amide bonds. The van der Waals surface area contributed by atoms with Crippen LogP contribution >= 0.6 is 0 Å². The lowest BCUT2D eigenvalue weighted by Crippen LogP contribution is -2.39. The van der Waals surface area contributed by atoms with Crippen molar-refractivity contribution >= 4 is 29.2 Å². The quantitative estimate of drug-likeness (QED) is 0.670. The van der Waals surface area contributed by atoms with Gasteiger partial charge in [-0.15, -0.1) is 0 Å². The minimum absolute atomic E-state index is 0.149. The lowest BCUT2D eigenvalue weighted by molar-refractivity contribution is -0.124. The maximum Gasteiger partial charge on any atom is 0.332 e. The molecule has 1 fully saturated rings. The summed E-state index contributed by atoms with van der Waals surface area (Å²) in [6, 6.07) is 10.3. The highest BCUT2D eigenvalue weighted by molar-refractivity contribution is 6.22. The number of amides is 4. The van der Waals surface area contributed by atoms with E-state index in [1.54, 1.807) is 24.3 Å². The average Bonchev–Trinajstić information content (AvgIpc) is 2.97. The van der Waals surface area contributed by atoms with Crippen LogP contribution in [-0.4, -0.2) is 56.2 Å². The van der Waals surface area contributed by atoms with Gasteiger partial charge in [-0.25, -0.2) is 14.1 Å². The van der Waals surface area contributed by atoms with Crippen LogP contribution in [-0.2, 0) is 14.3 Å². The fourth-order valence-electron chi connectivity index (χ4n) is 3.19. The number of nitrogens with zero attached hydrogens (tertiary/aromatic N) is 2. The number of nitrogens with one attached hydrogen (secondary N) is 1. The maximum absolute atomic E-state index is 13.1. The molecule has 158 valence electrons. The van der Waals surface area contributed by atoms with Crippen LogP contribution < -0.4 is 15.0 Å². The highest BCUT2D eigenvalue weighted by atomic mass is 19.1. The Morgan fingerprint density at radius 2 is 1.87 bits per heavy atom. The standard InChI is InChI=1S/C21H22FN3O5/c1-29-11-10-24-18(13-19(26)23-15-8-6-14(22)7-9-15)20(27)25(21(24)28)16-4-3-5-17(12-16)30-2/h3-9,12,18H,10-11,13H2,1-2H3,(H,23,26)/t18-/m1/s1. The molecule has 2 aromatic carbocycles. The molecule has 0 radical (unpaired) electrons. The van der Waals surface area contributed by atoms with Gasteiger partial charge >= 0.3 is 6.03 Å². The number of urea groups is 1. The van der Waals surface area contributed by atoms with Gasteiger partial charge < -0.3 is 19.7 Å². The van der Waals surface area contributed by atoms with Crippen molar-refractivity contribution in [2.24, 2.45) is 0 Å². The predicted molar refractivity (Wildman–Crippen MR) is 108 cm³/mol. The second kappa shape index (κ2) is 9.36. The maximum atomic E-state index is 13.1. The first kappa shape index (κ1) is 21.3. The third-order valence-electron chi connectivity index (χ3n) is 4.67. The molecule has 1 atom stereocenters. The number of hydrogen-bond donors (Lipinski definition) is 1. The zero-order valence-corrected chi connectivity index (χ0v) is 16.6. The van der Waals surface area contributed by atoms with Gasteiger partial charge in [-0.1, -0.05) is 6.07 Å². The number of halogens is 1. The molecule has 8 nitrogen and oxygen atoms in total. The van der Waals surface area contributed by atoms with Gasteiger partial charge in [0.15, 0.2) is 0 Å². The van der Waals surface area contributed by atoms with Crippen molar-refractivity contribution in [3.8, 4) is 5.75 Å². The molecule has 0 aromatic heterocycles. The highest BCUT2D eigenvalue weighted by Crippen LogP contribution is 2.29. The van der Waals surface area contributed by atoms with Crippen molar-refractivity contribution in [2.75, 3.05) is 37.6 Å². The Hall–Kier alpha value is -3.46. The third-order valence-corrected chi connectivity index (χ3v) is 4.67. The molecular formula is C21H22FN3O5. The summed E-state index contributed by atoms with van der Waals surface area (Å²) in [5.41, 5.74) is 0.750. The van der Waals surface area contributed by atoms with E-state index in [1.165, 1.54) is 43.4 Å². The van der Waals surface area contributed by atoms with E-state index < -0.39 is 29.7 Å². The molecule has 0 aliphatic carbocycles. The number of methoxy groups -OCH3 is 2. The van der Waals surface area contributed by atoms with Crippen LogP contribution in [0.3, 0.4) is 0 Å². The number of anilines is 2. The molecule has 0 spiro atoms. The Balaban J connectivity index is 1.81. The van der Waals surface area contributed by atoms with E-state index >= 15 is 0 Å². The Bertz CT molecular complexity index is 934. The SMILES string of the molecule is COCCN1C(=O)N(c2cccc(OC)c2)C(=O)[C@H]1CC(=O)Nc1ccc(F)cc1. The van der Waals surface area contributed by atoms with E-state index in [2.05, 4.69) is 5.32 Å². The van der Waals surface area contributed by atoms with Gasteiger partial charge in [0, 0.05) is 25.4 Å². The van der Waals surface area contributed by atoms with Gasteiger partial charge in [0.05, 0.1) is 25.8 Å². The van der Waals surface area contributed by atoms with Gasteiger partial charge in [0.1, 0.15) is 17.6 Å². The zero-order chi connectivity index (χ0) is 21.7. The summed E-state index contributed by atoms with van der Waals surface area (Å²) >= 11 is 0. The smallest absolute Gasteiger partial charge is 0.332 e. The average molecular weight is 415 g/mol. The molecule has 0 saturated carbocycles. The molecule has 1 aliphatic heterocycles. The fourth-order valence-corrected chi connectivity index (χ4v) is 3.19. The van der Waals surface area contributed by atoms with E-state index in [-0.39, 0.29) is 19.6 Å². The molecule has 1 saturated heterocycles. The van der Waals surface area contributed by atoms with Crippen molar-refractivity contribution in [2.45, 2.75) is 12.5 Å². The highest BCUT2D eigenvalue weighted by Gasteiger charge is 2.46. The van der Waals surface area contributed by atoms with Crippen LogP contribution in [0.2, 0.25) is 0 Å². The topological polar surface area (TPSA) is 88.2 Å².